The third kappa shape index (κ3) is 64.3. The summed E-state index contributed by atoms with van der Waals surface area (Å²) in [7, 11) is 0. The minimum absolute atomic E-state index is 0.0725. The van der Waals surface area contributed by atoms with E-state index in [1.165, 1.54) is 141 Å². The second-order valence-corrected chi connectivity index (χ2v) is 21.1. The Morgan fingerprint density at radius 2 is 0.513 bits per heavy atom. The third-order valence-electron chi connectivity index (χ3n) is 13.6. The number of esters is 2. The number of carbonyl (C=O) groups excluding carboxylic acids is 2. The Morgan fingerprint density at radius 3 is 0.769 bits per heavy atom. The first-order valence-electron chi connectivity index (χ1n) is 32.4. The molecule has 0 aromatic heterocycles. The van der Waals surface area contributed by atoms with Crippen molar-refractivity contribution in [3.05, 3.63) is 146 Å². The predicted octanol–water partition coefficient (Wildman–Crippen LogP) is 22.5. The van der Waals surface area contributed by atoms with Crippen molar-refractivity contribution >= 4 is 11.9 Å². The molecule has 0 saturated carbocycles. The van der Waals surface area contributed by atoms with Crippen LogP contribution in [0.4, 0.5) is 0 Å². The number of unbranched alkanes of at least 4 members (excludes halogenated alkanes) is 26. The lowest BCUT2D eigenvalue weighted by molar-refractivity contribution is -0.161. The van der Waals surface area contributed by atoms with E-state index >= 15 is 0 Å². The topological polar surface area (TPSA) is 72.8 Å². The molecule has 0 saturated heterocycles. The summed E-state index contributed by atoms with van der Waals surface area (Å²) in [6.45, 7) is 3.92. The second kappa shape index (κ2) is 67.1. The highest BCUT2D eigenvalue weighted by Gasteiger charge is 2.16. The molecule has 0 radical (unpaired) electrons. The van der Waals surface area contributed by atoms with Crippen LogP contribution in [0, 0.1) is 0 Å². The van der Waals surface area contributed by atoms with Crippen molar-refractivity contribution in [2.45, 2.75) is 290 Å². The van der Waals surface area contributed by atoms with Crippen LogP contribution in [0.25, 0.3) is 0 Å². The molecule has 5 nitrogen and oxygen atoms in total. The summed E-state index contributed by atoms with van der Waals surface area (Å²) in [6.07, 6.45) is 101. The number of aliphatic hydroxyl groups is 1. The zero-order chi connectivity index (χ0) is 56.2. The number of hydrogen-bond donors (Lipinski definition) is 1. The van der Waals surface area contributed by atoms with Crippen LogP contribution in [-0.2, 0) is 19.1 Å². The first kappa shape index (κ1) is 73.8. The van der Waals surface area contributed by atoms with Gasteiger partial charge in [0.1, 0.15) is 6.61 Å². The zero-order valence-corrected chi connectivity index (χ0v) is 50.6. The second-order valence-electron chi connectivity index (χ2n) is 21.1. The Kier molecular flexibility index (Phi) is 63.4. The molecule has 0 amide bonds. The molecular formula is C73H120O5. The van der Waals surface area contributed by atoms with Gasteiger partial charge in [0, 0.05) is 12.8 Å². The Morgan fingerprint density at radius 1 is 0.295 bits per heavy atom. The normalized spacial score (nSPS) is 13.2. The maximum absolute atomic E-state index is 12.4. The molecule has 0 heterocycles. The van der Waals surface area contributed by atoms with Gasteiger partial charge in [-0.25, -0.2) is 0 Å². The molecule has 0 bridgehead atoms. The van der Waals surface area contributed by atoms with Crippen molar-refractivity contribution in [3.8, 4) is 0 Å². The van der Waals surface area contributed by atoms with Gasteiger partial charge in [-0.1, -0.05) is 301 Å². The minimum Gasteiger partial charge on any atom is -0.462 e. The van der Waals surface area contributed by atoms with E-state index in [2.05, 4.69) is 160 Å². The van der Waals surface area contributed by atoms with E-state index in [0.717, 1.165) is 116 Å². The summed E-state index contributed by atoms with van der Waals surface area (Å²) in [4.78, 5) is 24.6. The molecule has 1 unspecified atom stereocenters. The molecule has 0 rings (SSSR count). The van der Waals surface area contributed by atoms with Crippen LogP contribution < -0.4 is 0 Å². The van der Waals surface area contributed by atoms with Gasteiger partial charge >= 0.3 is 11.9 Å². The standard InChI is InChI=1S/C73H120O5/c1-3-5-7-9-11-13-15-17-19-21-23-25-27-29-30-31-32-33-34-35-36-37-38-39-40-41-42-44-46-48-50-52-54-56-58-60-62-64-66-68-73(76)78-71(69-74)70-77-72(75)67-65-63-61-59-57-55-53-51-49-47-45-43-28-26-24-22-20-18-16-14-12-10-8-6-4-2/h5-8,11-14,17-20,23-26,29-30,32-33,35-36,38-39,71,74H,3-4,9-10,15-16,21-22,27-28,31,34,37,40-70H2,1-2H3/b7-5-,8-6-,13-11-,14-12-,19-17-,20-18-,25-23-,26-24-,30-29-,33-32-,36-35-,39-38-. The fourth-order valence-corrected chi connectivity index (χ4v) is 8.86. The quantitative estimate of drug-likeness (QED) is 0.0373. The highest BCUT2D eigenvalue weighted by Crippen LogP contribution is 2.16. The van der Waals surface area contributed by atoms with Crippen molar-refractivity contribution < 1.29 is 24.2 Å². The fraction of sp³-hybridized carbons (Fsp3) is 0.644. The number of rotatable bonds is 58. The summed E-state index contributed by atoms with van der Waals surface area (Å²) >= 11 is 0. The molecule has 1 atom stereocenters. The SMILES string of the molecule is CC/C=C\C/C=C\C/C=C\C/C=C\C/C=C\C/C=C\C/C=C\C/C=C\CCCCCCCCCCCCCCCCC(=O)OC(CO)COC(=O)CCCCCCCCCCCCCC/C=C\C/C=C\C/C=C\C/C=C\CC. The van der Waals surface area contributed by atoms with Gasteiger partial charge in [-0.3, -0.25) is 9.59 Å². The maximum Gasteiger partial charge on any atom is 0.306 e. The highest BCUT2D eigenvalue weighted by molar-refractivity contribution is 5.70. The number of hydrogen-bond acceptors (Lipinski definition) is 5. The van der Waals surface area contributed by atoms with E-state index in [0.29, 0.717) is 12.8 Å². The lowest BCUT2D eigenvalue weighted by Crippen LogP contribution is -2.28. The first-order chi connectivity index (χ1) is 38.6. The van der Waals surface area contributed by atoms with Crippen LogP contribution in [0.1, 0.15) is 284 Å². The van der Waals surface area contributed by atoms with Crippen LogP contribution in [0.3, 0.4) is 0 Å². The van der Waals surface area contributed by atoms with Crippen molar-refractivity contribution in [2.75, 3.05) is 13.2 Å². The smallest absolute Gasteiger partial charge is 0.306 e. The van der Waals surface area contributed by atoms with Gasteiger partial charge in [0.05, 0.1) is 6.61 Å². The van der Waals surface area contributed by atoms with Gasteiger partial charge in [-0.05, 0) is 116 Å². The average Bonchev–Trinajstić information content (AvgIpc) is 3.44. The van der Waals surface area contributed by atoms with Gasteiger partial charge in [0.25, 0.3) is 0 Å². The summed E-state index contributed by atoms with van der Waals surface area (Å²) < 4.78 is 10.7. The van der Waals surface area contributed by atoms with Gasteiger partial charge < -0.3 is 14.6 Å². The molecule has 442 valence electrons. The maximum atomic E-state index is 12.4. The molecule has 0 aromatic carbocycles. The fourth-order valence-electron chi connectivity index (χ4n) is 8.86. The Bertz CT molecular complexity index is 1650. The molecule has 0 aliphatic rings. The minimum atomic E-state index is -0.783. The van der Waals surface area contributed by atoms with E-state index in [-0.39, 0.29) is 25.2 Å². The number of carbonyl (C=O) groups is 2. The molecule has 5 heteroatoms. The largest absolute Gasteiger partial charge is 0.462 e. The van der Waals surface area contributed by atoms with Gasteiger partial charge in [-0.15, -0.1) is 0 Å². The monoisotopic (exact) mass is 1080 g/mol. The molecule has 78 heavy (non-hydrogen) atoms. The van der Waals surface area contributed by atoms with E-state index in [4.69, 9.17) is 9.47 Å². The van der Waals surface area contributed by atoms with Gasteiger partial charge in [0.2, 0.25) is 0 Å². The molecule has 0 aliphatic carbocycles. The van der Waals surface area contributed by atoms with Gasteiger partial charge in [-0.2, -0.15) is 0 Å². The van der Waals surface area contributed by atoms with Crippen molar-refractivity contribution in [3.63, 3.8) is 0 Å². The molecule has 0 aliphatic heterocycles. The Hall–Kier alpha value is -4.22. The van der Waals surface area contributed by atoms with Gasteiger partial charge in [0.15, 0.2) is 6.10 Å². The molecule has 0 aromatic rings. The summed E-state index contributed by atoms with van der Waals surface area (Å²) in [5, 5.41) is 9.69. The Labute approximate surface area is 482 Å². The highest BCUT2D eigenvalue weighted by atomic mass is 16.6. The van der Waals surface area contributed by atoms with Crippen LogP contribution in [-0.4, -0.2) is 36.4 Å². The number of ether oxygens (including phenoxy) is 2. The van der Waals surface area contributed by atoms with E-state index in [1.54, 1.807) is 0 Å². The van der Waals surface area contributed by atoms with Crippen LogP contribution in [0.15, 0.2) is 146 Å². The van der Waals surface area contributed by atoms with Crippen LogP contribution >= 0.6 is 0 Å². The Balaban J connectivity index is 3.52. The summed E-state index contributed by atoms with van der Waals surface area (Å²) in [5.74, 6) is -0.593. The van der Waals surface area contributed by atoms with E-state index < -0.39 is 6.10 Å². The zero-order valence-electron chi connectivity index (χ0n) is 50.6. The molecular weight excluding hydrogens is 957 g/mol. The third-order valence-corrected chi connectivity index (χ3v) is 13.6. The molecule has 0 fully saturated rings. The van der Waals surface area contributed by atoms with E-state index in [1.807, 2.05) is 0 Å². The van der Waals surface area contributed by atoms with Crippen molar-refractivity contribution in [1.29, 1.82) is 0 Å². The summed E-state index contributed by atoms with van der Waals surface area (Å²) in [6, 6.07) is 0. The molecule has 1 N–H and O–H groups in total. The van der Waals surface area contributed by atoms with Crippen LogP contribution in [0.5, 0.6) is 0 Å². The van der Waals surface area contributed by atoms with Crippen molar-refractivity contribution in [2.24, 2.45) is 0 Å². The van der Waals surface area contributed by atoms with Crippen molar-refractivity contribution in [1.82, 2.24) is 0 Å². The lowest BCUT2D eigenvalue weighted by atomic mass is 10.0. The van der Waals surface area contributed by atoms with E-state index in [9.17, 15) is 14.7 Å². The predicted molar refractivity (Wildman–Crippen MR) is 343 cm³/mol. The average molecular weight is 1080 g/mol. The summed E-state index contributed by atoms with van der Waals surface area (Å²) in [5.41, 5.74) is 0. The molecule has 0 spiro atoms. The van der Waals surface area contributed by atoms with Crippen LogP contribution in [0.2, 0.25) is 0 Å². The number of allylic oxidation sites excluding steroid dienone is 24. The lowest BCUT2D eigenvalue weighted by Gasteiger charge is -2.15. The first-order valence-corrected chi connectivity index (χ1v) is 32.4. The number of aliphatic hydroxyl groups excluding tert-OH is 1.